The second-order valence-electron chi connectivity index (χ2n) is 8.97. The molecule has 4 aromatic rings. The first-order chi connectivity index (χ1) is 17.7. The van der Waals surface area contributed by atoms with E-state index in [1.165, 1.54) is 24.3 Å². The molecule has 0 unspecified atom stereocenters. The highest BCUT2D eigenvalue weighted by atomic mass is 32.2. The van der Waals surface area contributed by atoms with E-state index in [0.29, 0.717) is 25.2 Å². The third-order valence-corrected chi connectivity index (χ3v) is 7.69. The summed E-state index contributed by atoms with van der Waals surface area (Å²) in [6.45, 7) is 4.70. The second kappa shape index (κ2) is 9.62. The summed E-state index contributed by atoms with van der Waals surface area (Å²) in [6, 6.07) is 16.6. The fourth-order valence-corrected chi connectivity index (χ4v) is 5.57. The molecule has 9 nitrogen and oxygen atoms in total. The van der Waals surface area contributed by atoms with Gasteiger partial charge in [0.2, 0.25) is 5.95 Å². The number of benzene rings is 2. The molecule has 2 N–H and O–H groups in total. The molecular formula is C27H25N5O4S. The zero-order valence-corrected chi connectivity index (χ0v) is 21.2. The number of amides is 1. The minimum absolute atomic E-state index is 0.113. The van der Waals surface area contributed by atoms with Crippen LogP contribution in [0.1, 0.15) is 32.7 Å². The summed E-state index contributed by atoms with van der Waals surface area (Å²) >= 11 is 0. The number of anilines is 1. The minimum Gasteiger partial charge on any atom is -0.334 e. The van der Waals surface area contributed by atoms with Gasteiger partial charge in [-0.3, -0.25) is 19.6 Å². The van der Waals surface area contributed by atoms with E-state index >= 15 is 0 Å². The van der Waals surface area contributed by atoms with Gasteiger partial charge in [0.25, 0.3) is 21.5 Å². The molecular weight excluding hydrogens is 490 g/mol. The van der Waals surface area contributed by atoms with Crippen molar-refractivity contribution in [3.8, 4) is 11.3 Å². The zero-order chi connectivity index (χ0) is 26.2. The maximum absolute atomic E-state index is 13.2. The predicted molar refractivity (Wildman–Crippen MR) is 140 cm³/mol. The number of nitrogens with zero attached hydrogens (tertiary/aromatic N) is 3. The van der Waals surface area contributed by atoms with Crippen molar-refractivity contribution in [2.75, 3.05) is 11.3 Å². The summed E-state index contributed by atoms with van der Waals surface area (Å²) in [5.41, 5.74) is 4.66. The molecule has 188 valence electrons. The van der Waals surface area contributed by atoms with Gasteiger partial charge in [0.1, 0.15) is 0 Å². The van der Waals surface area contributed by atoms with Crippen LogP contribution in [0.4, 0.5) is 5.95 Å². The van der Waals surface area contributed by atoms with Crippen LogP contribution in [0.25, 0.3) is 11.3 Å². The SMILES string of the molecule is Cc1cccc(C)c1-c1cc(=O)[nH]c(NS(=O)(=O)c2cccc(C(=O)N3CCc4ncccc4C3)c2)n1. The average molecular weight is 516 g/mol. The maximum atomic E-state index is 13.2. The Balaban J connectivity index is 1.41. The first-order valence-electron chi connectivity index (χ1n) is 11.7. The molecule has 0 fully saturated rings. The van der Waals surface area contributed by atoms with Gasteiger partial charge < -0.3 is 4.90 Å². The molecule has 3 heterocycles. The Morgan fingerprint density at radius 3 is 2.57 bits per heavy atom. The van der Waals surface area contributed by atoms with Crippen LogP contribution in [0.5, 0.6) is 0 Å². The summed E-state index contributed by atoms with van der Waals surface area (Å²) in [5, 5.41) is 0. The van der Waals surface area contributed by atoms with Crippen LogP contribution in [0.2, 0.25) is 0 Å². The van der Waals surface area contributed by atoms with E-state index in [-0.39, 0.29) is 22.3 Å². The van der Waals surface area contributed by atoms with Gasteiger partial charge in [-0.2, -0.15) is 0 Å². The van der Waals surface area contributed by atoms with Gasteiger partial charge in [0.05, 0.1) is 10.6 Å². The molecule has 0 aliphatic carbocycles. The van der Waals surface area contributed by atoms with Gasteiger partial charge in [-0.05, 0) is 54.8 Å². The van der Waals surface area contributed by atoms with Crippen LogP contribution >= 0.6 is 0 Å². The standard InChI is InChI=1S/C27H25N5O4S/c1-17-6-3-7-18(2)25(17)23-15-24(33)30-27(29-23)31-37(35,36)21-10-4-8-19(14-21)26(34)32-13-11-22-20(16-32)9-5-12-28-22/h3-10,12,14-15H,11,13,16H2,1-2H3,(H2,29,30,31,33). The molecule has 1 amide bonds. The number of hydrogen-bond acceptors (Lipinski definition) is 6. The van der Waals surface area contributed by atoms with Crippen molar-refractivity contribution >= 4 is 21.9 Å². The highest BCUT2D eigenvalue weighted by molar-refractivity contribution is 7.92. The molecule has 2 aromatic heterocycles. The van der Waals surface area contributed by atoms with E-state index in [2.05, 4.69) is 19.7 Å². The fraction of sp³-hybridized carbons (Fsp3) is 0.185. The first kappa shape index (κ1) is 24.4. The van der Waals surface area contributed by atoms with Crippen molar-refractivity contribution in [1.82, 2.24) is 19.9 Å². The lowest BCUT2D eigenvalue weighted by Crippen LogP contribution is -2.36. The Bertz CT molecular complexity index is 1660. The highest BCUT2D eigenvalue weighted by Gasteiger charge is 2.24. The van der Waals surface area contributed by atoms with E-state index in [1.807, 2.05) is 44.2 Å². The summed E-state index contributed by atoms with van der Waals surface area (Å²) in [5.74, 6) is -0.475. The van der Waals surface area contributed by atoms with Crippen molar-refractivity contribution in [3.63, 3.8) is 0 Å². The Morgan fingerprint density at radius 2 is 1.78 bits per heavy atom. The number of carbonyl (C=O) groups excluding carboxylic acids is 1. The van der Waals surface area contributed by atoms with E-state index in [4.69, 9.17) is 0 Å². The third-order valence-electron chi connectivity index (χ3n) is 6.35. The number of rotatable bonds is 5. The molecule has 1 aliphatic rings. The fourth-order valence-electron chi connectivity index (χ4n) is 4.56. The number of aromatic nitrogens is 3. The number of fused-ring (bicyclic) bond motifs is 1. The molecule has 0 bridgehead atoms. The molecule has 10 heteroatoms. The number of sulfonamides is 1. The van der Waals surface area contributed by atoms with Gasteiger partial charge >= 0.3 is 0 Å². The first-order valence-corrected chi connectivity index (χ1v) is 13.2. The lowest BCUT2D eigenvalue weighted by Gasteiger charge is -2.28. The number of nitrogens with one attached hydrogen (secondary N) is 2. The Kier molecular flexibility index (Phi) is 6.34. The van der Waals surface area contributed by atoms with Crippen LogP contribution in [0.15, 0.2) is 76.6 Å². The average Bonchev–Trinajstić information content (AvgIpc) is 2.87. The Morgan fingerprint density at radius 1 is 1.03 bits per heavy atom. The lowest BCUT2D eigenvalue weighted by molar-refractivity contribution is 0.0733. The number of carbonyl (C=O) groups is 1. The topological polar surface area (TPSA) is 125 Å². The molecule has 0 saturated carbocycles. The number of aryl methyl sites for hydroxylation is 2. The van der Waals surface area contributed by atoms with E-state index in [9.17, 15) is 18.0 Å². The number of aromatic amines is 1. The van der Waals surface area contributed by atoms with Gasteiger partial charge in [-0.25, -0.2) is 18.1 Å². The highest BCUT2D eigenvalue weighted by Crippen LogP contribution is 2.26. The Labute approximate surface area is 214 Å². The molecule has 0 spiro atoms. The van der Waals surface area contributed by atoms with Crippen LogP contribution < -0.4 is 10.3 Å². The summed E-state index contributed by atoms with van der Waals surface area (Å²) in [4.78, 5) is 38.3. The lowest BCUT2D eigenvalue weighted by atomic mass is 10.00. The molecule has 37 heavy (non-hydrogen) atoms. The van der Waals surface area contributed by atoms with Gasteiger partial charge in [-0.1, -0.05) is 30.3 Å². The quantitative estimate of drug-likeness (QED) is 0.419. The monoisotopic (exact) mass is 515 g/mol. The predicted octanol–water partition coefficient (Wildman–Crippen LogP) is 3.45. The number of H-pyrrole nitrogens is 1. The van der Waals surface area contributed by atoms with Crippen LogP contribution in [-0.2, 0) is 23.0 Å². The largest absolute Gasteiger partial charge is 0.334 e. The van der Waals surface area contributed by atoms with Crippen molar-refractivity contribution in [2.45, 2.75) is 31.7 Å². The van der Waals surface area contributed by atoms with Crippen molar-refractivity contribution < 1.29 is 13.2 Å². The van der Waals surface area contributed by atoms with Gasteiger partial charge in [-0.15, -0.1) is 0 Å². The van der Waals surface area contributed by atoms with Gasteiger partial charge in [0, 0.05) is 48.6 Å². The smallest absolute Gasteiger partial charge is 0.264 e. The van der Waals surface area contributed by atoms with Gasteiger partial charge in [0.15, 0.2) is 0 Å². The van der Waals surface area contributed by atoms with Crippen molar-refractivity contribution in [3.05, 3.63) is 105 Å². The third kappa shape index (κ3) is 5.01. The summed E-state index contributed by atoms with van der Waals surface area (Å²) in [7, 11) is -4.15. The number of hydrogen-bond donors (Lipinski definition) is 2. The molecule has 0 saturated heterocycles. The van der Waals surface area contributed by atoms with Crippen molar-refractivity contribution in [1.29, 1.82) is 0 Å². The molecule has 2 aromatic carbocycles. The summed E-state index contributed by atoms with van der Waals surface area (Å²) < 4.78 is 28.8. The van der Waals surface area contributed by atoms with Crippen molar-refractivity contribution in [2.24, 2.45) is 0 Å². The Hall–Kier alpha value is -4.31. The second-order valence-corrected chi connectivity index (χ2v) is 10.6. The van der Waals surface area contributed by atoms with E-state index in [0.717, 1.165) is 27.9 Å². The maximum Gasteiger partial charge on any atom is 0.264 e. The molecule has 0 atom stereocenters. The van der Waals surface area contributed by atoms with Crippen LogP contribution in [0, 0.1) is 13.8 Å². The molecule has 0 radical (unpaired) electrons. The van der Waals surface area contributed by atoms with Crippen LogP contribution in [0.3, 0.4) is 0 Å². The molecule has 1 aliphatic heterocycles. The normalized spacial score (nSPS) is 13.2. The minimum atomic E-state index is -4.15. The zero-order valence-electron chi connectivity index (χ0n) is 20.4. The van der Waals surface area contributed by atoms with E-state index in [1.54, 1.807) is 17.2 Å². The van der Waals surface area contributed by atoms with E-state index < -0.39 is 15.6 Å². The van der Waals surface area contributed by atoms with Crippen LogP contribution in [-0.4, -0.2) is 40.7 Å². The molecule has 5 rings (SSSR count). The number of pyridine rings is 1. The summed E-state index contributed by atoms with van der Waals surface area (Å²) in [6.07, 6.45) is 2.37.